The van der Waals surface area contributed by atoms with E-state index in [2.05, 4.69) is 27.2 Å². The predicted molar refractivity (Wildman–Crippen MR) is 137 cm³/mol. The summed E-state index contributed by atoms with van der Waals surface area (Å²) in [7, 11) is 0. The van der Waals surface area contributed by atoms with Crippen LogP contribution in [0, 0.1) is 0 Å². The van der Waals surface area contributed by atoms with Gasteiger partial charge in [-0.3, -0.25) is 14.5 Å². The van der Waals surface area contributed by atoms with Crippen molar-refractivity contribution in [3.05, 3.63) is 101 Å². The summed E-state index contributed by atoms with van der Waals surface area (Å²) in [6.45, 7) is 3.87. The lowest BCUT2D eigenvalue weighted by Crippen LogP contribution is -2.46. The van der Waals surface area contributed by atoms with Crippen LogP contribution >= 0.6 is 0 Å². The van der Waals surface area contributed by atoms with Gasteiger partial charge in [0.25, 0.3) is 5.91 Å². The number of carbonyl (C=O) groups is 1. The maximum Gasteiger partial charge on any atom is 0.262 e. The summed E-state index contributed by atoms with van der Waals surface area (Å²) in [4.78, 5) is 29.6. The molecule has 1 saturated heterocycles. The molecule has 0 radical (unpaired) electrons. The van der Waals surface area contributed by atoms with Gasteiger partial charge in [0.15, 0.2) is 6.61 Å². The minimum absolute atomic E-state index is 0.0238. The topological polar surface area (TPSA) is 75.0 Å². The van der Waals surface area contributed by atoms with Crippen LogP contribution < -0.4 is 20.4 Å². The predicted octanol–water partition coefficient (Wildman–Crippen LogP) is 4.13. The normalized spacial score (nSPS) is 14.1. The number of para-hydroxylation sites is 1. The molecule has 0 unspecified atom stereocenters. The van der Waals surface area contributed by atoms with Crippen molar-refractivity contribution in [2.75, 3.05) is 43.0 Å². The molecule has 2 heterocycles. The Balaban J connectivity index is 1.13. The lowest BCUT2D eigenvalue weighted by atomic mass is 10.1. The fourth-order valence-corrected chi connectivity index (χ4v) is 4.31. The Morgan fingerprint density at radius 3 is 2.46 bits per heavy atom. The largest absolute Gasteiger partial charge is 0.477 e. The van der Waals surface area contributed by atoms with E-state index in [0.717, 1.165) is 37.0 Å². The number of nitrogens with zero attached hydrogens (tertiary/aromatic N) is 2. The number of hydrogen-bond donors (Lipinski definition) is 1. The molecule has 0 bridgehead atoms. The number of ether oxygens (including phenoxy) is 1. The van der Waals surface area contributed by atoms with Crippen molar-refractivity contribution in [3.63, 3.8) is 0 Å². The first kappa shape index (κ1) is 22.7. The Labute approximate surface area is 203 Å². The van der Waals surface area contributed by atoms with E-state index in [-0.39, 0.29) is 23.7 Å². The average Bonchev–Trinajstić information content (AvgIpc) is 2.89. The first-order chi connectivity index (χ1) is 17.2. The molecule has 1 aromatic heterocycles. The van der Waals surface area contributed by atoms with Crippen LogP contribution in [0.15, 0.2) is 94.3 Å². The molecule has 7 nitrogen and oxygen atoms in total. The molecular weight excluding hydrogens is 442 g/mol. The van der Waals surface area contributed by atoms with Gasteiger partial charge in [-0.15, -0.1) is 0 Å². The van der Waals surface area contributed by atoms with Crippen LogP contribution in [0.3, 0.4) is 0 Å². The molecule has 0 atom stereocenters. The maximum absolute atomic E-state index is 12.5. The summed E-state index contributed by atoms with van der Waals surface area (Å²) >= 11 is 0. The van der Waals surface area contributed by atoms with Gasteiger partial charge in [-0.2, -0.15) is 0 Å². The highest BCUT2D eigenvalue weighted by molar-refractivity contribution is 6.02. The van der Waals surface area contributed by atoms with Gasteiger partial charge >= 0.3 is 0 Å². The van der Waals surface area contributed by atoms with Gasteiger partial charge < -0.3 is 19.4 Å². The van der Waals surface area contributed by atoms with Gasteiger partial charge in [0.1, 0.15) is 12.0 Å². The van der Waals surface area contributed by atoms with Crippen LogP contribution in [0.2, 0.25) is 0 Å². The molecular formula is C28H27N3O4. The Morgan fingerprint density at radius 2 is 1.66 bits per heavy atom. The van der Waals surface area contributed by atoms with Crippen LogP contribution in [0.1, 0.15) is 5.76 Å². The number of carbonyl (C=O) groups excluding carboxylic acids is 1. The number of rotatable bonds is 7. The standard InChI is InChI=1S/C28H27N3O4/c32-26-17-23(18-30-13-15-31(16-14-30)22-9-2-1-3-10-22)34-19-27(26)35-20-28(33)29-25-12-6-8-21-7-4-5-11-24(21)25/h1-12,17,19H,13-16,18,20H2,(H,29,33). The Morgan fingerprint density at radius 1 is 0.914 bits per heavy atom. The van der Waals surface area contributed by atoms with Gasteiger partial charge in [-0.25, -0.2) is 0 Å². The van der Waals surface area contributed by atoms with Crippen molar-refractivity contribution >= 4 is 28.1 Å². The SMILES string of the molecule is O=C(COc1coc(CN2CCN(c3ccccc3)CC2)cc1=O)Nc1cccc2ccccc12. The minimum atomic E-state index is -0.346. The number of fused-ring (bicyclic) bond motifs is 1. The van der Waals surface area contributed by atoms with Crippen molar-refractivity contribution in [2.24, 2.45) is 0 Å². The quantitative estimate of drug-likeness (QED) is 0.439. The second-order valence-electron chi connectivity index (χ2n) is 8.54. The summed E-state index contributed by atoms with van der Waals surface area (Å²) in [6.07, 6.45) is 1.29. The number of piperazine rings is 1. The van der Waals surface area contributed by atoms with Crippen LogP contribution in [-0.2, 0) is 11.3 Å². The van der Waals surface area contributed by atoms with Crippen LogP contribution in [0.4, 0.5) is 11.4 Å². The number of benzene rings is 3. The molecule has 7 heteroatoms. The molecule has 3 aromatic carbocycles. The van der Waals surface area contributed by atoms with Crippen molar-refractivity contribution in [1.82, 2.24) is 4.90 Å². The van der Waals surface area contributed by atoms with Crippen LogP contribution in [0.5, 0.6) is 5.75 Å². The van der Waals surface area contributed by atoms with Crippen LogP contribution in [-0.4, -0.2) is 43.6 Å². The summed E-state index contributed by atoms with van der Waals surface area (Å²) in [5.41, 5.74) is 1.63. The summed E-state index contributed by atoms with van der Waals surface area (Å²) in [5, 5.41) is 4.82. The molecule has 1 amide bonds. The summed E-state index contributed by atoms with van der Waals surface area (Å²) in [5.74, 6) is 0.257. The van der Waals surface area contributed by atoms with E-state index >= 15 is 0 Å². The highest BCUT2D eigenvalue weighted by Gasteiger charge is 2.18. The lowest BCUT2D eigenvalue weighted by molar-refractivity contribution is -0.118. The van der Waals surface area contributed by atoms with Gasteiger partial charge in [0, 0.05) is 49.0 Å². The van der Waals surface area contributed by atoms with Gasteiger partial charge in [0.2, 0.25) is 11.2 Å². The van der Waals surface area contributed by atoms with Crippen LogP contribution in [0.25, 0.3) is 10.8 Å². The fraction of sp³-hybridized carbons (Fsp3) is 0.214. The molecule has 4 aromatic rings. The Bertz CT molecular complexity index is 1360. The van der Waals surface area contributed by atoms with Crippen molar-refractivity contribution in [2.45, 2.75) is 6.54 Å². The summed E-state index contributed by atoms with van der Waals surface area (Å²) < 4.78 is 11.1. The molecule has 1 fully saturated rings. The third-order valence-corrected chi connectivity index (χ3v) is 6.15. The summed E-state index contributed by atoms with van der Waals surface area (Å²) in [6, 6.07) is 25.3. The van der Waals surface area contributed by atoms with E-state index in [9.17, 15) is 9.59 Å². The zero-order chi connectivity index (χ0) is 24.0. The van der Waals surface area contributed by atoms with E-state index in [1.165, 1.54) is 18.0 Å². The van der Waals surface area contributed by atoms with Gasteiger partial charge in [0.05, 0.1) is 6.54 Å². The van der Waals surface area contributed by atoms with Gasteiger partial charge in [-0.1, -0.05) is 54.6 Å². The lowest BCUT2D eigenvalue weighted by Gasteiger charge is -2.35. The number of amides is 1. The monoisotopic (exact) mass is 469 g/mol. The van der Waals surface area contributed by atoms with E-state index < -0.39 is 0 Å². The molecule has 0 spiro atoms. The zero-order valence-corrected chi connectivity index (χ0v) is 19.4. The van der Waals surface area contributed by atoms with E-state index in [4.69, 9.17) is 9.15 Å². The second-order valence-corrected chi connectivity index (χ2v) is 8.54. The molecule has 0 aliphatic carbocycles. The molecule has 1 N–H and O–H groups in total. The van der Waals surface area contributed by atoms with E-state index in [0.29, 0.717) is 18.0 Å². The van der Waals surface area contributed by atoms with E-state index in [1.807, 2.05) is 60.7 Å². The zero-order valence-electron chi connectivity index (χ0n) is 19.4. The molecule has 5 rings (SSSR count). The Hall–Kier alpha value is -4.10. The second kappa shape index (κ2) is 10.4. The molecule has 1 aliphatic rings. The highest BCUT2D eigenvalue weighted by Crippen LogP contribution is 2.23. The first-order valence-electron chi connectivity index (χ1n) is 11.7. The van der Waals surface area contributed by atoms with Crippen molar-refractivity contribution in [3.8, 4) is 5.75 Å². The molecule has 35 heavy (non-hydrogen) atoms. The number of nitrogens with one attached hydrogen (secondary N) is 1. The molecule has 178 valence electrons. The third-order valence-electron chi connectivity index (χ3n) is 6.15. The average molecular weight is 470 g/mol. The molecule has 1 aliphatic heterocycles. The van der Waals surface area contributed by atoms with Crippen molar-refractivity contribution in [1.29, 1.82) is 0 Å². The maximum atomic E-state index is 12.5. The minimum Gasteiger partial charge on any atom is -0.477 e. The first-order valence-corrected chi connectivity index (χ1v) is 11.7. The fourth-order valence-electron chi connectivity index (χ4n) is 4.31. The smallest absolute Gasteiger partial charge is 0.262 e. The number of hydrogen-bond acceptors (Lipinski definition) is 6. The number of anilines is 2. The third kappa shape index (κ3) is 5.53. The van der Waals surface area contributed by atoms with E-state index in [1.54, 1.807) is 0 Å². The van der Waals surface area contributed by atoms with Gasteiger partial charge in [-0.05, 0) is 23.6 Å². The van der Waals surface area contributed by atoms with Crippen molar-refractivity contribution < 1.29 is 13.9 Å². The molecule has 0 saturated carbocycles. The Kier molecular flexibility index (Phi) is 6.77. The highest BCUT2D eigenvalue weighted by atomic mass is 16.5.